The highest BCUT2D eigenvalue weighted by atomic mass is 32.2. The molecule has 2 bridgehead atoms. The number of aliphatic hydroxyl groups excluding tert-OH is 1. The number of sulfonamides is 1. The maximum Gasteiger partial charge on any atom is 0.306 e. The Morgan fingerprint density at radius 2 is 1.79 bits per heavy atom. The van der Waals surface area contributed by atoms with Gasteiger partial charge >= 0.3 is 5.97 Å². The second-order valence-electron chi connectivity index (χ2n) is 15.7. The van der Waals surface area contributed by atoms with Crippen LogP contribution in [0.3, 0.4) is 0 Å². The van der Waals surface area contributed by atoms with Gasteiger partial charge in [0.15, 0.2) is 6.29 Å². The van der Waals surface area contributed by atoms with E-state index in [2.05, 4.69) is 0 Å². The minimum absolute atomic E-state index is 0.0210. The molecule has 4 heterocycles. The molecule has 2 saturated carbocycles. The number of nitrogens with zero attached hydrogens (tertiary/aromatic N) is 2. The van der Waals surface area contributed by atoms with Crippen LogP contribution in [0.4, 0.5) is 8.78 Å². The standard InChI is InChI=1S/C39H48F2N2O8S2/c40-28-11-24(12-29(41)17-28)10-25(16-37(45)51-38-27-14-30-31(38)22-50-39(30)49-21-27)33(44)19-43-8-4-2-1-3-5-9-48-20-26-15-32-34(18-35(26)53(43,46)47)52-36(42-32)13-23-6-7-23/h11-12,15,17-18,23,25,27,30-31,33,38-39,44H,1-10,13-14,16,19-22H2/t25-,27?,30?,31?,33-,38+,39+/m1/s1. The summed E-state index contributed by atoms with van der Waals surface area (Å²) in [6.07, 6.45) is 5.84. The molecule has 0 radical (unpaired) electrons. The number of aliphatic hydroxyl groups is 1. The monoisotopic (exact) mass is 774 g/mol. The van der Waals surface area contributed by atoms with Crippen LogP contribution in [0.5, 0.6) is 0 Å². The average Bonchev–Trinajstić information content (AvgIpc) is 3.57. The highest BCUT2D eigenvalue weighted by molar-refractivity contribution is 7.89. The summed E-state index contributed by atoms with van der Waals surface area (Å²) in [5, 5.41) is 12.9. The molecule has 2 aliphatic carbocycles. The second kappa shape index (κ2) is 15.9. The van der Waals surface area contributed by atoms with E-state index >= 15 is 0 Å². The van der Waals surface area contributed by atoms with Crippen molar-refractivity contribution in [3.8, 4) is 0 Å². The van der Waals surface area contributed by atoms with E-state index in [1.807, 2.05) is 6.07 Å². The van der Waals surface area contributed by atoms with Gasteiger partial charge < -0.3 is 24.1 Å². The van der Waals surface area contributed by atoms with Crippen molar-refractivity contribution in [3.05, 3.63) is 58.1 Å². The minimum atomic E-state index is -4.18. The first kappa shape index (κ1) is 37.3. The van der Waals surface area contributed by atoms with E-state index in [0.717, 1.165) is 59.8 Å². The zero-order chi connectivity index (χ0) is 36.7. The molecule has 8 rings (SSSR count). The highest BCUT2D eigenvalue weighted by Crippen LogP contribution is 2.49. The molecule has 0 amide bonds. The van der Waals surface area contributed by atoms with E-state index in [1.54, 1.807) is 6.07 Å². The number of hydrogen-bond acceptors (Lipinski definition) is 10. The molecule has 2 aromatic carbocycles. The normalized spacial score (nSPS) is 28.8. The zero-order valence-corrected chi connectivity index (χ0v) is 31.4. The molecule has 3 aliphatic heterocycles. The van der Waals surface area contributed by atoms with Crippen LogP contribution >= 0.6 is 11.3 Å². The van der Waals surface area contributed by atoms with Crippen LogP contribution in [0.15, 0.2) is 35.2 Å². The molecule has 288 valence electrons. The van der Waals surface area contributed by atoms with E-state index in [-0.39, 0.29) is 67.0 Å². The lowest BCUT2D eigenvalue weighted by atomic mass is 9.90. The predicted octanol–water partition coefficient (Wildman–Crippen LogP) is 6.16. The third-order valence-corrected chi connectivity index (χ3v) is 14.7. The van der Waals surface area contributed by atoms with E-state index in [9.17, 15) is 27.1 Å². The first-order chi connectivity index (χ1) is 25.6. The molecule has 14 heteroatoms. The summed E-state index contributed by atoms with van der Waals surface area (Å²) in [6, 6.07) is 6.62. The number of thiazole rings is 1. The molecule has 3 unspecified atom stereocenters. The van der Waals surface area contributed by atoms with Crippen molar-refractivity contribution >= 4 is 37.5 Å². The van der Waals surface area contributed by atoms with Crippen molar-refractivity contribution in [2.75, 3.05) is 32.9 Å². The second-order valence-corrected chi connectivity index (χ2v) is 18.7. The first-order valence-electron chi connectivity index (χ1n) is 19.2. The van der Waals surface area contributed by atoms with Crippen molar-refractivity contribution in [3.63, 3.8) is 0 Å². The summed E-state index contributed by atoms with van der Waals surface area (Å²) in [6.45, 7) is 1.34. The number of hydrogen-bond donors (Lipinski definition) is 1. The Hall–Kier alpha value is -2.59. The summed E-state index contributed by atoms with van der Waals surface area (Å²) in [4.78, 5) is 18.6. The molecule has 5 aliphatic rings. The third kappa shape index (κ3) is 8.48. The number of benzene rings is 2. The van der Waals surface area contributed by atoms with Crippen LogP contribution in [0.25, 0.3) is 10.2 Å². The van der Waals surface area contributed by atoms with E-state index in [1.165, 1.54) is 40.6 Å². The van der Waals surface area contributed by atoms with Crippen molar-refractivity contribution in [1.29, 1.82) is 0 Å². The van der Waals surface area contributed by atoms with Crippen LogP contribution in [0.2, 0.25) is 0 Å². The van der Waals surface area contributed by atoms with Gasteiger partial charge in [-0.15, -0.1) is 11.3 Å². The van der Waals surface area contributed by atoms with Crippen molar-refractivity contribution in [1.82, 2.24) is 9.29 Å². The fourth-order valence-electron chi connectivity index (χ4n) is 8.71. The molecule has 3 aromatic rings. The van der Waals surface area contributed by atoms with Crippen LogP contribution in [0.1, 0.15) is 73.9 Å². The molecular weight excluding hydrogens is 727 g/mol. The number of β-amino-alcohol motifs (C(OH)–C–C–N with tert-alkyl or cyclic N) is 1. The maximum absolute atomic E-state index is 14.7. The summed E-state index contributed by atoms with van der Waals surface area (Å²) in [5.74, 6) is -2.15. The molecule has 4 fully saturated rings. The van der Waals surface area contributed by atoms with Crippen molar-refractivity contribution in [2.45, 2.75) is 101 Å². The fraction of sp³-hybridized carbons (Fsp3) is 0.641. The zero-order valence-electron chi connectivity index (χ0n) is 29.8. The van der Waals surface area contributed by atoms with Crippen molar-refractivity contribution < 1.29 is 46.0 Å². The number of carbonyl (C=O) groups is 1. The van der Waals surface area contributed by atoms with E-state index in [0.29, 0.717) is 37.7 Å². The Bertz CT molecular complexity index is 1880. The van der Waals surface area contributed by atoms with Gasteiger partial charge in [0.25, 0.3) is 0 Å². The SMILES string of the molecule is O=C(C[C@@H](Cc1cc(F)cc(F)c1)[C@H](O)CN1CCCCCCCOCc2cc3nc(CC4CC4)sc3cc2S1(=O)=O)O[C@H]1C2CO[C@H]3OCC1C3C2. The van der Waals surface area contributed by atoms with Gasteiger partial charge in [0.1, 0.15) is 17.7 Å². The van der Waals surface area contributed by atoms with Crippen molar-refractivity contribution in [2.24, 2.45) is 29.6 Å². The lowest BCUT2D eigenvalue weighted by molar-refractivity contribution is -0.178. The molecule has 10 nitrogen and oxygen atoms in total. The highest BCUT2D eigenvalue weighted by Gasteiger charge is 2.56. The van der Waals surface area contributed by atoms with Gasteiger partial charge in [-0.2, -0.15) is 4.31 Å². The molecule has 7 atom stereocenters. The van der Waals surface area contributed by atoms with Crippen LogP contribution < -0.4 is 0 Å². The van der Waals surface area contributed by atoms with Crippen LogP contribution in [-0.2, 0) is 53.2 Å². The van der Waals surface area contributed by atoms with Crippen LogP contribution in [0, 0.1) is 41.2 Å². The molecule has 53 heavy (non-hydrogen) atoms. The largest absolute Gasteiger partial charge is 0.462 e. The molecule has 1 N–H and O–H groups in total. The van der Waals surface area contributed by atoms with Gasteiger partial charge in [-0.1, -0.05) is 19.3 Å². The number of rotatable bonds is 10. The molecular formula is C39H48F2N2O8S2. The lowest BCUT2D eigenvalue weighted by Gasteiger charge is -2.31. The van der Waals surface area contributed by atoms with Gasteiger partial charge in [-0.05, 0) is 79.8 Å². The van der Waals surface area contributed by atoms with Gasteiger partial charge in [-0.3, -0.25) is 4.79 Å². The average molecular weight is 775 g/mol. The predicted molar refractivity (Wildman–Crippen MR) is 192 cm³/mol. The quantitative estimate of drug-likeness (QED) is 0.242. The Morgan fingerprint density at radius 1 is 1.02 bits per heavy atom. The number of esters is 1. The Labute approximate surface area is 313 Å². The minimum Gasteiger partial charge on any atom is -0.462 e. The fourth-order valence-corrected chi connectivity index (χ4v) is 11.6. The van der Waals surface area contributed by atoms with Gasteiger partial charge in [0.2, 0.25) is 10.0 Å². The number of halogens is 2. The van der Waals surface area contributed by atoms with Gasteiger partial charge in [0, 0.05) is 55.9 Å². The van der Waals surface area contributed by atoms with Gasteiger partial charge in [0.05, 0.1) is 52.5 Å². The molecule has 1 aromatic heterocycles. The Morgan fingerprint density at radius 3 is 2.60 bits per heavy atom. The number of fused-ring (bicyclic) bond motifs is 3. The first-order valence-corrected chi connectivity index (χ1v) is 21.4. The maximum atomic E-state index is 14.7. The number of aromatic nitrogens is 1. The Kier molecular flexibility index (Phi) is 11.2. The third-order valence-electron chi connectivity index (χ3n) is 11.7. The van der Waals surface area contributed by atoms with Gasteiger partial charge in [-0.25, -0.2) is 22.2 Å². The lowest BCUT2D eigenvalue weighted by Crippen LogP contribution is -2.42. The summed E-state index contributed by atoms with van der Waals surface area (Å²) >= 11 is 1.51. The van der Waals surface area contributed by atoms with E-state index in [4.69, 9.17) is 23.9 Å². The summed E-state index contributed by atoms with van der Waals surface area (Å²) in [5.41, 5.74) is 1.51. The topological polar surface area (TPSA) is 124 Å². The Balaban J connectivity index is 1.07. The van der Waals surface area contributed by atoms with E-state index < -0.39 is 45.8 Å². The molecule has 2 saturated heterocycles. The number of ether oxygens (including phenoxy) is 4. The summed E-state index contributed by atoms with van der Waals surface area (Å²) < 4.78 is 83.9. The smallest absolute Gasteiger partial charge is 0.306 e. The molecule has 0 spiro atoms. The number of carbonyl (C=O) groups excluding carboxylic acids is 1. The van der Waals surface area contributed by atoms with Crippen LogP contribution in [-0.4, -0.2) is 80.2 Å². The summed E-state index contributed by atoms with van der Waals surface area (Å²) in [7, 11) is -4.18.